The minimum Gasteiger partial charge on any atom is -0.413 e. The Labute approximate surface area is 183 Å². The summed E-state index contributed by atoms with van der Waals surface area (Å²) in [4.78, 5) is 0. The van der Waals surface area contributed by atoms with Gasteiger partial charge < -0.3 is 18.7 Å². The monoisotopic (exact) mass is 446 g/mol. The molecule has 0 bridgehead atoms. The van der Waals surface area contributed by atoms with Gasteiger partial charge in [-0.1, -0.05) is 83.1 Å². The van der Waals surface area contributed by atoms with Crippen LogP contribution in [0.1, 0.15) is 89.5 Å². The quantitative estimate of drug-likeness (QED) is 0.353. The molecule has 0 radical (unpaired) electrons. The highest BCUT2D eigenvalue weighted by atomic mass is 28.4. The highest BCUT2D eigenvalue weighted by Crippen LogP contribution is 2.46. The van der Waals surface area contributed by atoms with E-state index < -0.39 is 22.9 Å². The van der Waals surface area contributed by atoms with Gasteiger partial charge in [-0.3, -0.25) is 0 Å². The molecular weight excluding hydrogens is 396 g/mol. The van der Waals surface area contributed by atoms with Crippen molar-refractivity contribution in [1.82, 2.24) is 0 Å². The minimum atomic E-state index is -2.04. The fourth-order valence-electron chi connectivity index (χ4n) is 6.36. The van der Waals surface area contributed by atoms with E-state index in [1.807, 2.05) is 0 Å². The Bertz CT molecular complexity index is 448. The van der Waals surface area contributed by atoms with Gasteiger partial charge in [-0.2, -0.15) is 0 Å². The van der Waals surface area contributed by atoms with Gasteiger partial charge in [0.05, 0.1) is 12.7 Å². The van der Waals surface area contributed by atoms with Crippen molar-refractivity contribution in [3.05, 3.63) is 0 Å². The Hall–Kier alpha value is 0.274. The Kier molecular flexibility index (Phi) is 10.1. The molecule has 0 saturated carbocycles. The maximum absolute atomic E-state index is 10.3. The molecule has 1 rings (SSSR count). The van der Waals surface area contributed by atoms with E-state index in [2.05, 4.69) is 83.1 Å². The third kappa shape index (κ3) is 5.56. The van der Waals surface area contributed by atoms with Gasteiger partial charge in [0.15, 0.2) is 14.6 Å². The Morgan fingerprint density at radius 1 is 0.724 bits per heavy atom. The summed E-state index contributed by atoms with van der Waals surface area (Å²) in [6.45, 7) is 28.2. The minimum absolute atomic E-state index is 0.0814. The van der Waals surface area contributed by atoms with E-state index in [4.69, 9.17) is 13.6 Å². The van der Waals surface area contributed by atoms with E-state index in [9.17, 15) is 5.11 Å². The Morgan fingerprint density at radius 3 is 1.45 bits per heavy atom. The first kappa shape index (κ1) is 27.3. The molecule has 0 aromatic rings. The van der Waals surface area contributed by atoms with Crippen molar-refractivity contribution in [2.24, 2.45) is 0 Å². The van der Waals surface area contributed by atoms with E-state index in [1.54, 1.807) is 0 Å². The van der Waals surface area contributed by atoms with Crippen LogP contribution >= 0.6 is 0 Å². The molecule has 0 aromatic heterocycles. The summed E-state index contributed by atoms with van der Waals surface area (Å²) in [6, 6.07) is 0. The molecule has 174 valence electrons. The molecule has 1 aliphatic rings. The van der Waals surface area contributed by atoms with Crippen LogP contribution in [-0.4, -0.2) is 46.8 Å². The van der Waals surface area contributed by atoms with Crippen LogP contribution in [0.15, 0.2) is 0 Å². The van der Waals surface area contributed by atoms with Gasteiger partial charge in [0.1, 0.15) is 6.10 Å². The lowest BCUT2D eigenvalue weighted by Crippen LogP contribution is -2.53. The second kappa shape index (κ2) is 10.7. The summed E-state index contributed by atoms with van der Waals surface area (Å²) in [5.74, 6) is 0. The predicted octanol–water partition coefficient (Wildman–Crippen LogP) is 6.85. The van der Waals surface area contributed by atoms with Crippen LogP contribution in [0, 0.1) is 0 Å². The number of ether oxygens (including phenoxy) is 1. The van der Waals surface area contributed by atoms with Crippen LogP contribution in [0.5, 0.6) is 0 Å². The molecule has 29 heavy (non-hydrogen) atoms. The van der Waals surface area contributed by atoms with Crippen molar-refractivity contribution in [2.75, 3.05) is 6.61 Å². The lowest BCUT2D eigenvalue weighted by Gasteiger charge is -2.45. The number of hydrogen-bond donors (Lipinski definition) is 1. The SMILES string of the molecule is CC(C)[Si](OC[C@H]1OC(O)C[C@@H]1O[Si](C(C)C)(C(C)C)C(C)C)(C(C)C)C(C)C. The molecule has 0 aliphatic carbocycles. The van der Waals surface area contributed by atoms with Crippen molar-refractivity contribution in [2.45, 2.75) is 141 Å². The van der Waals surface area contributed by atoms with Gasteiger partial charge in [-0.25, -0.2) is 0 Å². The molecule has 0 aromatic carbocycles. The second-order valence-electron chi connectivity index (χ2n) is 11.0. The van der Waals surface area contributed by atoms with Gasteiger partial charge in [0.2, 0.25) is 8.32 Å². The van der Waals surface area contributed by atoms with Crippen LogP contribution < -0.4 is 0 Å². The molecule has 1 aliphatic heterocycles. The predicted molar refractivity (Wildman–Crippen MR) is 128 cm³/mol. The third-order valence-electron chi connectivity index (χ3n) is 7.45. The summed E-state index contributed by atoms with van der Waals surface area (Å²) >= 11 is 0. The zero-order valence-electron chi connectivity index (χ0n) is 21.3. The van der Waals surface area contributed by atoms with Gasteiger partial charge >= 0.3 is 0 Å². The number of aliphatic hydroxyl groups excluding tert-OH is 1. The zero-order valence-corrected chi connectivity index (χ0v) is 23.3. The van der Waals surface area contributed by atoms with Gasteiger partial charge in [-0.15, -0.1) is 0 Å². The summed E-state index contributed by atoms with van der Waals surface area (Å²) in [6.07, 6.45) is -0.465. The van der Waals surface area contributed by atoms with Crippen molar-refractivity contribution < 1.29 is 18.7 Å². The normalized spacial score (nSPS) is 24.3. The average Bonchev–Trinajstić information content (AvgIpc) is 2.90. The molecule has 4 nitrogen and oxygen atoms in total. The van der Waals surface area contributed by atoms with Crippen LogP contribution in [0.3, 0.4) is 0 Å². The summed E-state index contributed by atoms with van der Waals surface area (Å²) < 4.78 is 19.8. The largest absolute Gasteiger partial charge is 0.413 e. The maximum Gasteiger partial charge on any atom is 0.200 e. The summed E-state index contributed by atoms with van der Waals surface area (Å²) in [7, 11) is -4.02. The molecule has 0 spiro atoms. The Balaban J connectivity index is 3.10. The van der Waals surface area contributed by atoms with Gasteiger partial charge in [0.25, 0.3) is 0 Å². The summed E-state index contributed by atoms with van der Waals surface area (Å²) in [5, 5.41) is 10.3. The topological polar surface area (TPSA) is 47.9 Å². The molecule has 1 unspecified atom stereocenters. The van der Waals surface area contributed by atoms with Crippen molar-refractivity contribution in [3.8, 4) is 0 Å². The van der Waals surface area contributed by atoms with E-state index >= 15 is 0 Å². The molecule has 3 atom stereocenters. The highest BCUT2D eigenvalue weighted by molar-refractivity contribution is 6.78. The first-order valence-electron chi connectivity index (χ1n) is 11.9. The lowest BCUT2D eigenvalue weighted by atomic mass is 10.2. The number of aliphatic hydroxyl groups is 1. The second-order valence-corrected chi connectivity index (χ2v) is 21.8. The smallest absolute Gasteiger partial charge is 0.200 e. The standard InChI is InChI=1S/C23H50O4Si2/c1-15(2)28(16(3)4,17(5)6)25-14-22-21(13-23(24)26-22)27-29(18(7)8,19(9)10)20(11)12/h15-24H,13-14H2,1-12H3/t21-,22+,23?/m0/s1. The first-order valence-corrected chi connectivity index (χ1v) is 16.2. The molecular formula is C23H50O4Si2. The van der Waals surface area contributed by atoms with Crippen molar-refractivity contribution >= 4 is 16.6 Å². The van der Waals surface area contributed by atoms with Crippen LogP contribution in [-0.2, 0) is 13.6 Å². The molecule has 6 heteroatoms. The summed E-state index contributed by atoms with van der Waals surface area (Å²) in [5.41, 5.74) is 3.13. The molecule has 0 amide bonds. The van der Waals surface area contributed by atoms with Gasteiger partial charge in [0, 0.05) is 6.42 Å². The van der Waals surface area contributed by atoms with Crippen LogP contribution in [0.25, 0.3) is 0 Å². The van der Waals surface area contributed by atoms with E-state index in [0.717, 1.165) is 0 Å². The van der Waals surface area contributed by atoms with E-state index in [-0.39, 0.29) is 12.2 Å². The maximum atomic E-state index is 10.3. The molecule has 1 heterocycles. The van der Waals surface area contributed by atoms with Crippen LogP contribution in [0.4, 0.5) is 0 Å². The number of rotatable bonds is 11. The zero-order chi connectivity index (χ0) is 22.7. The average molecular weight is 447 g/mol. The van der Waals surface area contributed by atoms with E-state index in [1.165, 1.54) is 0 Å². The van der Waals surface area contributed by atoms with Crippen LogP contribution in [0.2, 0.25) is 33.2 Å². The third-order valence-corrected chi connectivity index (χ3v) is 19.7. The number of hydrogen-bond acceptors (Lipinski definition) is 4. The van der Waals surface area contributed by atoms with Crippen molar-refractivity contribution in [3.63, 3.8) is 0 Å². The fraction of sp³-hybridized carbons (Fsp3) is 1.00. The molecule has 1 fully saturated rings. The van der Waals surface area contributed by atoms with Gasteiger partial charge in [-0.05, 0) is 33.2 Å². The molecule has 1 N–H and O–H groups in total. The highest BCUT2D eigenvalue weighted by Gasteiger charge is 2.51. The van der Waals surface area contributed by atoms with Crippen molar-refractivity contribution in [1.29, 1.82) is 0 Å². The first-order chi connectivity index (χ1) is 13.2. The van der Waals surface area contributed by atoms with E-state index in [0.29, 0.717) is 46.3 Å². The molecule has 1 saturated heterocycles. The lowest BCUT2D eigenvalue weighted by molar-refractivity contribution is -0.105. The fourth-order valence-corrected chi connectivity index (χ4v) is 17.4. The Morgan fingerprint density at radius 2 is 1.10 bits per heavy atom.